The van der Waals surface area contributed by atoms with Crippen molar-refractivity contribution in [2.45, 2.75) is 71.5 Å². The Bertz CT molecular complexity index is 1610. The Morgan fingerprint density at radius 1 is 1.02 bits per heavy atom. The second kappa shape index (κ2) is 18.8. The molecule has 0 bridgehead atoms. The first-order chi connectivity index (χ1) is 24.0. The van der Waals surface area contributed by atoms with Crippen molar-refractivity contribution in [2.75, 3.05) is 33.3 Å². The van der Waals surface area contributed by atoms with Crippen LogP contribution in [0.3, 0.4) is 0 Å². The smallest absolute Gasteiger partial charge is 0.255 e. The lowest BCUT2D eigenvalue weighted by molar-refractivity contribution is -0.142. The highest BCUT2D eigenvalue weighted by molar-refractivity contribution is 7.09. The molecule has 2 heterocycles. The lowest BCUT2D eigenvalue weighted by atomic mass is 10.0. The van der Waals surface area contributed by atoms with Gasteiger partial charge in [-0.3, -0.25) is 24.0 Å². The fourth-order valence-corrected chi connectivity index (χ4v) is 6.45. The number of rotatable bonds is 9. The number of amides is 5. The maximum absolute atomic E-state index is 13.7. The summed E-state index contributed by atoms with van der Waals surface area (Å²) in [6, 6.07) is 14.6. The molecule has 5 amide bonds. The number of para-hydroxylation sites is 1. The van der Waals surface area contributed by atoms with Gasteiger partial charge in [0.05, 0.1) is 23.2 Å². The number of hydrogen-bond donors (Lipinski definition) is 3. The van der Waals surface area contributed by atoms with Gasteiger partial charge >= 0.3 is 0 Å². The molecule has 13 heteroatoms. The zero-order valence-electron chi connectivity index (χ0n) is 29.3. The quantitative estimate of drug-likeness (QED) is 0.289. The summed E-state index contributed by atoms with van der Waals surface area (Å²) in [5.74, 6) is -1.57. The summed E-state index contributed by atoms with van der Waals surface area (Å²) in [4.78, 5) is 74.7. The molecule has 2 aromatic carbocycles. The van der Waals surface area contributed by atoms with Gasteiger partial charge in [0.15, 0.2) is 0 Å². The van der Waals surface area contributed by atoms with Crippen molar-refractivity contribution < 1.29 is 28.7 Å². The molecule has 268 valence electrons. The molecule has 0 saturated carbocycles. The first kappa shape index (κ1) is 38.0. The van der Waals surface area contributed by atoms with Crippen molar-refractivity contribution in [3.05, 3.63) is 81.8 Å². The minimum absolute atomic E-state index is 0.000701. The van der Waals surface area contributed by atoms with E-state index in [0.29, 0.717) is 31.6 Å². The molecule has 3 N–H and O–H groups in total. The van der Waals surface area contributed by atoms with E-state index >= 15 is 0 Å². The van der Waals surface area contributed by atoms with Gasteiger partial charge in [-0.05, 0) is 49.8 Å². The molecule has 0 unspecified atom stereocenters. The number of nitrogens with zero attached hydrogens (tertiary/aromatic N) is 3. The Balaban J connectivity index is 1.59. The summed E-state index contributed by atoms with van der Waals surface area (Å²) in [5.41, 5.74) is 2.00. The third-order valence-corrected chi connectivity index (χ3v) is 9.22. The fraction of sp³-hybridized carbons (Fsp3) is 0.459. The van der Waals surface area contributed by atoms with E-state index in [4.69, 9.17) is 4.74 Å². The lowest BCUT2D eigenvalue weighted by Gasteiger charge is -2.27. The largest absolute Gasteiger partial charge is 0.491 e. The molecule has 12 nitrogen and oxygen atoms in total. The van der Waals surface area contributed by atoms with Crippen LogP contribution in [0.25, 0.3) is 0 Å². The molecule has 2 atom stereocenters. The minimum Gasteiger partial charge on any atom is -0.491 e. The molecule has 0 spiro atoms. The van der Waals surface area contributed by atoms with Gasteiger partial charge in [-0.1, -0.05) is 56.3 Å². The molecule has 0 aliphatic carbocycles. The summed E-state index contributed by atoms with van der Waals surface area (Å²) in [6.07, 6.45) is 1.84. The van der Waals surface area contributed by atoms with Crippen LogP contribution in [0.5, 0.6) is 5.75 Å². The maximum atomic E-state index is 13.7. The number of thiazole rings is 1. The lowest BCUT2D eigenvalue weighted by Crippen LogP contribution is -2.49. The van der Waals surface area contributed by atoms with E-state index in [0.717, 1.165) is 16.3 Å². The molecule has 4 rings (SSSR count). The molecule has 0 fully saturated rings. The van der Waals surface area contributed by atoms with Crippen LogP contribution in [0.4, 0.5) is 0 Å². The molecule has 3 aromatic rings. The third-order valence-electron chi connectivity index (χ3n) is 8.20. The Morgan fingerprint density at radius 3 is 2.48 bits per heavy atom. The van der Waals surface area contributed by atoms with Crippen LogP contribution in [0, 0.1) is 12.8 Å². The minimum atomic E-state index is -1.04. The highest BCUT2D eigenvalue weighted by atomic mass is 32.1. The van der Waals surface area contributed by atoms with E-state index in [9.17, 15) is 24.0 Å². The van der Waals surface area contributed by atoms with Gasteiger partial charge in [-0.15, -0.1) is 11.3 Å². The number of nitrogens with one attached hydrogen (secondary N) is 3. The summed E-state index contributed by atoms with van der Waals surface area (Å²) in [7, 11) is 1.53. The van der Waals surface area contributed by atoms with Gasteiger partial charge in [0.25, 0.3) is 5.91 Å². The van der Waals surface area contributed by atoms with Crippen LogP contribution in [0.1, 0.15) is 66.2 Å². The van der Waals surface area contributed by atoms with Crippen molar-refractivity contribution in [3.8, 4) is 5.75 Å². The van der Waals surface area contributed by atoms with Gasteiger partial charge in [0.2, 0.25) is 23.6 Å². The standard InChI is InChI=1S/C37H48N6O6S/c1-25(2)19-28-23-49-31-14-9-8-13-29(31)36(47)41-30(37(48)38-18-10-15-33-39-26(3)24-50-33)16-17-34(45)43(20-27-11-6-5-7-12-27)22-35(46)42(4)21-32(44)40-28/h5-9,11-14,24-25,28,30H,10,15-23H2,1-4H3,(H,38,48)(H,40,44)(H,41,47)/t28-,30-/m0/s1. The van der Waals surface area contributed by atoms with Gasteiger partial charge < -0.3 is 30.5 Å². The number of carbonyl (C=O) groups is 5. The van der Waals surface area contributed by atoms with E-state index in [1.165, 1.54) is 16.8 Å². The fourth-order valence-electron chi connectivity index (χ4n) is 5.63. The van der Waals surface area contributed by atoms with Crippen molar-refractivity contribution in [1.82, 2.24) is 30.7 Å². The number of benzene rings is 2. The molecule has 50 heavy (non-hydrogen) atoms. The zero-order chi connectivity index (χ0) is 36.0. The first-order valence-electron chi connectivity index (χ1n) is 17.0. The number of likely N-dealkylation sites (N-methyl/N-ethyl adjacent to an activating group) is 1. The van der Waals surface area contributed by atoms with Crippen LogP contribution >= 0.6 is 11.3 Å². The van der Waals surface area contributed by atoms with Crippen molar-refractivity contribution in [3.63, 3.8) is 0 Å². The molecular weight excluding hydrogens is 657 g/mol. The van der Waals surface area contributed by atoms with Gasteiger partial charge in [0, 0.05) is 44.1 Å². The Morgan fingerprint density at radius 2 is 1.76 bits per heavy atom. The number of aromatic nitrogens is 1. The molecule has 1 aliphatic heterocycles. The third kappa shape index (κ3) is 12.0. The van der Waals surface area contributed by atoms with E-state index < -0.39 is 29.8 Å². The summed E-state index contributed by atoms with van der Waals surface area (Å²) in [6.45, 7) is 6.14. The van der Waals surface area contributed by atoms with Gasteiger partial charge in [-0.25, -0.2) is 4.98 Å². The molecule has 1 aromatic heterocycles. The summed E-state index contributed by atoms with van der Waals surface area (Å²) >= 11 is 1.57. The predicted octanol–water partition coefficient (Wildman–Crippen LogP) is 3.49. The van der Waals surface area contributed by atoms with E-state index in [1.807, 2.05) is 56.5 Å². The zero-order valence-corrected chi connectivity index (χ0v) is 30.1. The second-order valence-electron chi connectivity index (χ2n) is 13.0. The van der Waals surface area contributed by atoms with E-state index in [2.05, 4.69) is 20.9 Å². The van der Waals surface area contributed by atoms with Crippen molar-refractivity contribution in [2.24, 2.45) is 5.92 Å². The van der Waals surface area contributed by atoms with Crippen LogP contribution < -0.4 is 20.7 Å². The maximum Gasteiger partial charge on any atom is 0.255 e. The Hall–Kier alpha value is -4.78. The Labute approximate surface area is 298 Å². The highest BCUT2D eigenvalue weighted by Crippen LogP contribution is 2.20. The molecule has 1 aliphatic rings. The summed E-state index contributed by atoms with van der Waals surface area (Å²) < 4.78 is 6.10. The van der Waals surface area contributed by atoms with Crippen LogP contribution in [-0.2, 0) is 32.1 Å². The Kier molecular flexibility index (Phi) is 14.3. The van der Waals surface area contributed by atoms with E-state index in [-0.39, 0.29) is 62.4 Å². The van der Waals surface area contributed by atoms with Crippen molar-refractivity contribution >= 4 is 40.9 Å². The van der Waals surface area contributed by atoms with Crippen molar-refractivity contribution in [1.29, 1.82) is 0 Å². The number of carbonyl (C=O) groups excluding carboxylic acids is 5. The van der Waals surface area contributed by atoms with Crippen LogP contribution in [0.2, 0.25) is 0 Å². The van der Waals surface area contributed by atoms with E-state index in [1.54, 1.807) is 35.6 Å². The number of fused-ring (bicyclic) bond motifs is 1. The molecule has 0 saturated heterocycles. The highest BCUT2D eigenvalue weighted by Gasteiger charge is 2.28. The number of ether oxygens (including phenoxy) is 1. The average Bonchev–Trinajstić information content (AvgIpc) is 3.51. The molecule has 0 radical (unpaired) electrons. The predicted molar refractivity (Wildman–Crippen MR) is 191 cm³/mol. The first-order valence-corrected chi connectivity index (χ1v) is 17.9. The number of aryl methyl sites for hydroxylation is 2. The van der Waals surface area contributed by atoms with Gasteiger partial charge in [0.1, 0.15) is 24.9 Å². The monoisotopic (exact) mass is 704 g/mol. The summed E-state index contributed by atoms with van der Waals surface area (Å²) in [5, 5.41) is 11.7. The number of hydrogen-bond acceptors (Lipinski definition) is 8. The van der Waals surface area contributed by atoms with Gasteiger partial charge in [-0.2, -0.15) is 0 Å². The average molecular weight is 705 g/mol. The van der Waals surface area contributed by atoms with Crippen LogP contribution in [0.15, 0.2) is 60.0 Å². The second-order valence-corrected chi connectivity index (χ2v) is 14.0. The molecular formula is C37H48N6O6S. The van der Waals surface area contributed by atoms with Crippen LogP contribution in [-0.4, -0.2) is 89.7 Å². The normalized spacial score (nSPS) is 18.4. The SMILES string of the molecule is Cc1csc(CCCNC(=O)[C@@H]2CCC(=O)N(Cc3ccccc3)CC(=O)N(C)CC(=O)N[C@@H](CC(C)C)COc3ccccc3C(=O)N2)n1. The topological polar surface area (TPSA) is 150 Å².